The Labute approximate surface area is 91.3 Å². The molecule has 0 N–H and O–H groups in total. The topological polar surface area (TPSA) is 40.1 Å². The van der Waals surface area contributed by atoms with E-state index in [1.807, 2.05) is 0 Å². The number of aromatic carboxylic acids is 1. The predicted octanol–water partition coefficient (Wildman–Crippen LogP) is -3.19. The molecule has 0 aliphatic heterocycles. The second kappa shape index (κ2) is 6.22. The van der Waals surface area contributed by atoms with Crippen LogP contribution < -0.4 is 17.5 Å². The second-order valence-corrected chi connectivity index (χ2v) is 1.79. The van der Waals surface area contributed by atoms with Gasteiger partial charge in [-0.2, -0.15) is 0 Å². The molecule has 1 rings (SSSR count). The largest absolute Gasteiger partial charge is 2.00 e. The van der Waals surface area contributed by atoms with Gasteiger partial charge in [-0.25, -0.2) is 4.39 Å². The normalized spacial score (nSPS) is 7.75. The summed E-state index contributed by atoms with van der Waals surface area (Å²) < 4.78 is 12.1. The molecule has 60 valence electrons. The van der Waals surface area contributed by atoms with E-state index in [0.29, 0.717) is 0 Å². The summed E-state index contributed by atoms with van der Waals surface area (Å²) >= 11 is 0. The van der Waals surface area contributed by atoms with Crippen LogP contribution in [-0.2, 0) is 0 Å². The first kappa shape index (κ1) is 14.2. The fourth-order valence-electron chi connectivity index (χ4n) is 0.586. The molecular weight excluding hydrogens is 195 g/mol. The molecule has 0 atom stereocenters. The Bertz CT molecular complexity index is 250. The molecule has 12 heavy (non-hydrogen) atoms. The zero-order valence-corrected chi connectivity index (χ0v) is 8.26. The maximum Gasteiger partial charge on any atom is 2.00 e. The van der Waals surface area contributed by atoms with Crippen molar-refractivity contribution in [3.05, 3.63) is 35.6 Å². The maximum atomic E-state index is 12.1. The Hall–Kier alpha value is -0.324. The summed E-state index contributed by atoms with van der Waals surface area (Å²) in [6.07, 6.45) is 0. The van der Waals surface area contributed by atoms with Gasteiger partial charge < -0.3 is 22.3 Å². The van der Waals surface area contributed by atoms with E-state index in [0.717, 1.165) is 24.3 Å². The van der Waals surface area contributed by atoms with Gasteiger partial charge in [-0.1, -0.05) is 12.1 Å². The van der Waals surface area contributed by atoms with Crippen molar-refractivity contribution in [1.29, 1.82) is 0 Å². The molecule has 5 heteroatoms. The molecule has 0 aliphatic carbocycles. The van der Waals surface area contributed by atoms with E-state index in [9.17, 15) is 14.3 Å². The summed E-state index contributed by atoms with van der Waals surface area (Å²) in [5, 5.41) is 10.1. The van der Waals surface area contributed by atoms with Crippen molar-refractivity contribution in [2.24, 2.45) is 0 Å². The van der Waals surface area contributed by atoms with Crippen LogP contribution in [0.25, 0.3) is 0 Å². The van der Waals surface area contributed by atoms with Crippen LogP contribution in [0.2, 0.25) is 0 Å². The van der Waals surface area contributed by atoms with Gasteiger partial charge in [0.1, 0.15) is 5.82 Å². The number of carboxylic acids is 1. The minimum Gasteiger partial charge on any atom is -1.00 e. The molecular formula is C7H4ClFMgO2. The molecule has 0 saturated heterocycles. The Balaban J connectivity index is 0. The molecule has 1 aromatic rings. The predicted molar refractivity (Wildman–Crippen MR) is 36.5 cm³/mol. The Morgan fingerprint density at radius 2 is 1.67 bits per heavy atom. The number of rotatable bonds is 1. The van der Waals surface area contributed by atoms with Gasteiger partial charge in [0.15, 0.2) is 0 Å². The van der Waals surface area contributed by atoms with Crippen LogP contribution in [0.4, 0.5) is 4.39 Å². The molecule has 0 aliphatic rings. The van der Waals surface area contributed by atoms with Crippen molar-refractivity contribution in [3.8, 4) is 0 Å². The van der Waals surface area contributed by atoms with Gasteiger partial charge in [0, 0.05) is 0 Å². The Kier molecular flexibility index (Phi) is 7.37. The molecule has 0 amide bonds. The van der Waals surface area contributed by atoms with Crippen LogP contribution in [0.1, 0.15) is 10.4 Å². The fraction of sp³-hybridized carbons (Fsp3) is 0. The third kappa shape index (κ3) is 3.89. The fourth-order valence-corrected chi connectivity index (χ4v) is 0.586. The van der Waals surface area contributed by atoms with Crippen LogP contribution in [0.3, 0.4) is 0 Å². The number of carbonyl (C=O) groups excluding carboxylic acids is 1. The average molecular weight is 199 g/mol. The van der Waals surface area contributed by atoms with Crippen molar-refractivity contribution >= 4 is 29.0 Å². The molecule has 0 fully saturated rings. The van der Waals surface area contributed by atoms with E-state index < -0.39 is 11.8 Å². The van der Waals surface area contributed by atoms with Crippen molar-refractivity contribution in [2.45, 2.75) is 0 Å². The molecule has 0 unspecified atom stereocenters. The van der Waals surface area contributed by atoms with Crippen LogP contribution in [-0.4, -0.2) is 29.0 Å². The first-order chi connectivity index (χ1) is 4.70. The van der Waals surface area contributed by atoms with Gasteiger partial charge >= 0.3 is 23.1 Å². The maximum absolute atomic E-state index is 12.1. The summed E-state index contributed by atoms with van der Waals surface area (Å²) in [7, 11) is 0. The molecule has 0 spiro atoms. The van der Waals surface area contributed by atoms with Gasteiger partial charge in [0.2, 0.25) is 0 Å². The third-order valence-electron chi connectivity index (χ3n) is 1.08. The summed E-state index contributed by atoms with van der Waals surface area (Å²) in [5.41, 5.74) is -0.0126. The molecule has 0 radical (unpaired) electrons. The first-order valence-corrected chi connectivity index (χ1v) is 2.67. The summed E-state index contributed by atoms with van der Waals surface area (Å²) in [6.45, 7) is 0. The monoisotopic (exact) mass is 198 g/mol. The van der Waals surface area contributed by atoms with E-state index in [-0.39, 0.29) is 41.0 Å². The number of carboxylic acid groups (broad SMARTS) is 1. The van der Waals surface area contributed by atoms with E-state index in [1.165, 1.54) is 0 Å². The second-order valence-electron chi connectivity index (χ2n) is 1.79. The SMILES string of the molecule is O=C([O-])c1ccc(F)cc1.[Cl-].[Mg+2]. The number of hydrogen-bond acceptors (Lipinski definition) is 2. The Morgan fingerprint density at radius 3 is 2.00 bits per heavy atom. The van der Waals surface area contributed by atoms with Gasteiger partial charge in [-0.15, -0.1) is 0 Å². The van der Waals surface area contributed by atoms with Gasteiger partial charge in [-0.05, 0) is 17.7 Å². The minimum atomic E-state index is -1.29. The van der Waals surface area contributed by atoms with E-state index in [1.54, 1.807) is 0 Å². The zero-order chi connectivity index (χ0) is 7.56. The molecule has 0 bridgehead atoms. The standard InChI is InChI=1S/C7H5FO2.ClH.Mg/c8-6-3-1-5(2-4-6)7(9)10;;/h1-4H,(H,9,10);1H;/q;;+2/p-2. The quantitative estimate of drug-likeness (QED) is 0.447. The van der Waals surface area contributed by atoms with Crippen LogP contribution in [0, 0.1) is 5.82 Å². The molecule has 0 heterocycles. The Morgan fingerprint density at radius 1 is 1.25 bits per heavy atom. The molecule has 0 saturated carbocycles. The number of carbonyl (C=O) groups is 1. The molecule has 1 aromatic carbocycles. The first-order valence-electron chi connectivity index (χ1n) is 2.67. The zero-order valence-electron chi connectivity index (χ0n) is 6.09. The van der Waals surface area contributed by atoms with E-state index >= 15 is 0 Å². The van der Waals surface area contributed by atoms with Crippen molar-refractivity contribution in [2.75, 3.05) is 0 Å². The van der Waals surface area contributed by atoms with Gasteiger partial charge in [0.05, 0.1) is 5.97 Å². The summed E-state index contributed by atoms with van der Waals surface area (Å²) in [4.78, 5) is 10.1. The van der Waals surface area contributed by atoms with Crippen LogP contribution in [0.5, 0.6) is 0 Å². The number of hydrogen-bond donors (Lipinski definition) is 0. The molecule has 0 aromatic heterocycles. The summed E-state index contributed by atoms with van der Waals surface area (Å²) in [5.74, 6) is -1.75. The smallest absolute Gasteiger partial charge is 1.00 e. The minimum absolute atomic E-state index is 0. The van der Waals surface area contributed by atoms with Gasteiger partial charge in [0.25, 0.3) is 0 Å². The third-order valence-corrected chi connectivity index (χ3v) is 1.08. The molecule has 2 nitrogen and oxygen atoms in total. The van der Waals surface area contributed by atoms with Crippen molar-refractivity contribution in [3.63, 3.8) is 0 Å². The summed E-state index contributed by atoms with van der Waals surface area (Å²) in [6, 6.07) is 4.46. The van der Waals surface area contributed by atoms with Gasteiger partial charge in [-0.3, -0.25) is 0 Å². The van der Waals surface area contributed by atoms with Crippen LogP contribution in [0.15, 0.2) is 24.3 Å². The number of halogens is 2. The van der Waals surface area contributed by atoms with E-state index in [4.69, 9.17) is 0 Å². The van der Waals surface area contributed by atoms with Crippen LogP contribution >= 0.6 is 0 Å². The average Bonchev–Trinajstić information content (AvgIpc) is 1.88. The van der Waals surface area contributed by atoms with Crippen molar-refractivity contribution in [1.82, 2.24) is 0 Å². The van der Waals surface area contributed by atoms with E-state index in [2.05, 4.69) is 0 Å². The van der Waals surface area contributed by atoms with Crippen molar-refractivity contribution < 1.29 is 26.7 Å². The number of benzene rings is 1.